The second-order valence-electron chi connectivity index (χ2n) is 27.6. The minimum absolute atomic E-state index is 0.0832. The predicted molar refractivity (Wildman–Crippen MR) is 353 cm³/mol. The third kappa shape index (κ3) is 25.9. The van der Waals surface area contributed by atoms with Gasteiger partial charge >= 0.3 is 0 Å². The van der Waals surface area contributed by atoms with Gasteiger partial charge in [-0.25, -0.2) is 0 Å². The van der Waals surface area contributed by atoms with E-state index in [1.165, 1.54) is 54.7 Å². The van der Waals surface area contributed by atoms with Crippen molar-refractivity contribution in [3.8, 4) is 0 Å². The van der Waals surface area contributed by atoms with Crippen molar-refractivity contribution in [3.63, 3.8) is 0 Å². The van der Waals surface area contributed by atoms with Crippen molar-refractivity contribution >= 4 is 64.4 Å². The zero-order chi connectivity index (χ0) is 69.2. The molecular weight excluding hydrogens is 1150 g/mol. The van der Waals surface area contributed by atoms with Crippen LogP contribution in [0, 0.1) is 59.2 Å². The van der Waals surface area contributed by atoms with Gasteiger partial charge in [-0.1, -0.05) is 128 Å². The molecule has 0 saturated carbocycles. The number of rotatable bonds is 21. The van der Waals surface area contributed by atoms with Crippen molar-refractivity contribution in [2.24, 2.45) is 59.2 Å². The Bertz CT molecular complexity index is 2420. The highest BCUT2D eigenvalue weighted by molar-refractivity contribution is 5.99. The molecule has 514 valence electrons. The van der Waals surface area contributed by atoms with Crippen LogP contribution in [-0.4, -0.2) is 197 Å². The average molecular weight is 1270 g/mol. The first kappa shape index (κ1) is 82.5. The SMILES string of the molecule is C/C=C/C[C@@H](C)[C@@H](O)[C@@H]1CC(=O)[C@H](C(C)C)N(C)C(=O)[C@H](CC(C)C)CC(=O)[C@H](CC(C)C)N(C)C(=O)[C@@H](C)NC(=O)[C@H](C)CC(=O)[C@H](CC(C)C)N(C)C(=O)[C@H](C(C)C)CC(=O)[C@H]([C@@H](C)OC/C=C/CN(CC)CC)N(C)C(=O)CCC(=O)[C@H](CC)NC1=O. The fourth-order valence-electron chi connectivity index (χ4n) is 12.2. The van der Waals surface area contributed by atoms with Crippen LogP contribution in [0.2, 0.25) is 0 Å². The molecule has 13 atom stereocenters. The fourth-order valence-corrected chi connectivity index (χ4v) is 12.2. The molecule has 0 radical (unpaired) electrons. The molecule has 3 N–H and O–H groups in total. The van der Waals surface area contributed by atoms with Crippen LogP contribution in [0.15, 0.2) is 24.3 Å². The summed E-state index contributed by atoms with van der Waals surface area (Å²) in [5, 5.41) is 17.5. The monoisotopic (exact) mass is 1270 g/mol. The zero-order valence-corrected chi connectivity index (χ0v) is 59.4. The number of allylic oxidation sites excluding steroid dienone is 2. The highest BCUT2D eigenvalue weighted by Gasteiger charge is 2.43. The molecule has 20 nitrogen and oxygen atoms in total. The van der Waals surface area contributed by atoms with Gasteiger partial charge in [-0.15, -0.1) is 0 Å². The van der Waals surface area contributed by atoms with Crippen LogP contribution in [0.1, 0.15) is 195 Å². The van der Waals surface area contributed by atoms with Crippen LogP contribution in [0.25, 0.3) is 0 Å². The molecule has 0 spiro atoms. The number of aliphatic hydroxyl groups excluding tert-OH is 1. The molecule has 1 heterocycles. The number of Topliss-reactive ketones (excluding diaryl/α,β-unsaturated/α-hetero) is 5. The van der Waals surface area contributed by atoms with Crippen molar-refractivity contribution in [1.82, 2.24) is 35.1 Å². The lowest BCUT2D eigenvalue weighted by Crippen LogP contribution is -2.53. The Morgan fingerprint density at radius 3 is 1.58 bits per heavy atom. The van der Waals surface area contributed by atoms with Gasteiger partial charge in [-0.2, -0.15) is 0 Å². The summed E-state index contributed by atoms with van der Waals surface area (Å²) in [6, 6.07) is -6.66. The fraction of sp³-hybridized carbons (Fsp3) is 0.786. The van der Waals surface area contributed by atoms with Crippen LogP contribution < -0.4 is 10.6 Å². The molecule has 1 saturated heterocycles. The lowest BCUT2D eigenvalue weighted by molar-refractivity contribution is -0.148. The second-order valence-corrected chi connectivity index (χ2v) is 27.6. The molecule has 20 heteroatoms. The summed E-state index contributed by atoms with van der Waals surface area (Å²) in [6.45, 7) is 35.1. The van der Waals surface area contributed by atoms with Crippen molar-refractivity contribution in [3.05, 3.63) is 24.3 Å². The number of likely N-dealkylation sites (N-methyl/N-ethyl adjacent to an activating group) is 5. The lowest BCUT2D eigenvalue weighted by Gasteiger charge is -2.36. The molecule has 1 aliphatic heterocycles. The maximum Gasteiger partial charge on any atom is 0.245 e. The molecular formula is C70H121N7O13. The molecule has 1 fully saturated rings. The van der Waals surface area contributed by atoms with Gasteiger partial charge in [0.1, 0.15) is 12.1 Å². The number of carbonyl (C=O) groups is 11. The van der Waals surface area contributed by atoms with E-state index in [-0.39, 0.29) is 82.1 Å². The topological polar surface area (TPSA) is 257 Å². The number of hydrogen-bond acceptors (Lipinski definition) is 14. The van der Waals surface area contributed by atoms with Crippen LogP contribution >= 0.6 is 0 Å². The number of ketones is 5. The molecule has 1 aliphatic rings. The van der Waals surface area contributed by atoms with E-state index < -0.39 is 161 Å². The van der Waals surface area contributed by atoms with Crippen LogP contribution in [0.5, 0.6) is 0 Å². The Balaban J connectivity index is 4.25. The Kier molecular flexibility index (Phi) is 37.1. The summed E-state index contributed by atoms with van der Waals surface area (Å²) in [5.41, 5.74) is 0. The van der Waals surface area contributed by atoms with Gasteiger partial charge in [0.05, 0.1) is 48.9 Å². The Morgan fingerprint density at radius 2 is 1.08 bits per heavy atom. The maximum absolute atomic E-state index is 14.9. The molecule has 0 aromatic heterocycles. The number of nitrogens with one attached hydrogen (secondary N) is 2. The molecule has 0 aromatic carbocycles. The van der Waals surface area contributed by atoms with Gasteiger partial charge in [0.15, 0.2) is 28.9 Å². The summed E-state index contributed by atoms with van der Waals surface area (Å²) in [7, 11) is 5.93. The number of amides is 6. The molecule has 6 amide bonds. The maximum atomic E-state index is 14.9. The quantitative estimate of drug-likeness (QED) is 0.0918. The first-order chi connectivity index (χ1) is 41.9. The normalized spacial score (nSPS) is 26.6. The van der Waals surface area contributed by atoms with E-state index in [2.05, 4.69) is 29.4 Å². The second kappa shape index (κ2) is 40.5. The highest BCUT2D eigenvalue weighted by atomic mass is 16.5. The van der Waals surface area contributed by atoms with Gasteiger partial charge in [0.25, 0.3) is 0 Å². The van der Waals surface area contributed by atoms with Crippen molar-refractivity contribution in [1.29, 1.82) is 0 Å². The number of carbonyl (C=O) groups excluding carboxylic acids is 11. The van der Waals surface area contributed by atoms with E-state index in [0.717, 1.165) is 13.1 Å². The minimum Gasteiger partial charge on any atom is -0.392 e. The van der Waals surface area contributed by atoms with Crippen LogP contribution in [-0.2, 0) is 57.5 Å². The summed E-state index contributed by atoms with van der Waals surface area (Å²) in [6.07, 6.45) is 4.16. The van der Waals surface area contributed by atoms with Gasteiger partial charge in [-0.05, 0) is 101 Å². The summed E-state index contributed by atoms with van der Waals surface area (Å²) >= 11 is 0. The smallest absolute Gasteiger partial charge is 0.245 e. The predicted octanol–water partition coefficient (Wildman–Crippen LogP) is 8.09. The van der Waals surface area contributed by atoms with Crippen LogP contribution in [0.4, 0.5) is 0 Å². The van der Waals surface area contributed by atoms with Gasteiger partial charge in [-0.3, -0.25) is 52.7 Å². The van der Waals surface area contributed by atoms with Crippen molar-refractivity contribution < 1.29 is 62.6 Å². The number of aliphatic hydroxyl groups is 1. The zero-order valence-electron chi connectivity index (χ0n) is 59.4. The van der Waals surface area contributed by atoms with E-state index in [1.807, 2.05) is 66.7 Å². The summed E-state index contributed by atoms with van der Waals surface area (Å²) in [4.78, 5) is 168. The highest BCUT2D eigenvalue weighted by Crippen LogP contribution is 2.30. The van der Waals surface area contributed by atoms with Crippen LogP contribution in [0.3, 0.4) is 0 Å². The van der Waals surface area contributed by atoms with E-state index >= 15 is 0 Å². The molecule has 1 rings (SSSR count). The summed E-state index contributed by atoms with van der Waals surface area (Å²) < 4.78 is 6.24. The number of nitrogens with zero attached hydrogens (tertiary/aromatic N) is 5. The standard InChI is InChI=1S/C70H121N7O13/c1-23-27-30-47(15)65(84)53-41-60(81)63(46(13)14)76(22)69(88)51(35-42(5)6)39-59(80)56(37-44(9)10)73(19)68(87)49(17)71-66(85)48(16)38-58(79)55(36-43(7)8)74(20)70(89)52(45(11)12)40-61(82)64(50(18)90-34-29-28-33-77(25-3)26-4)75(21)62(83)32-31-57(78)54(24-2)72-67(53)86/h23,27-29,42-56,63-65,84H,24-26,30-41H2,1-22H3,(H,71,85)(H,72,86)/b27-23+,29-28+/t47-,48-,49-,50-,51-,52+,53+,54+,55+,56+,63+,64+,65-/m1/s1. The largest absolute Gasteiger partial charge is 0.392 e. The van der Waals surface area contributed by atoms with E-state index in [9.17, 15) is 57.8 Å². The van der Waals surface area contributed by atoms with E-state index in [4.69, 9.17) is 4.74 Å². The molecule has 0 bridgehead atoms. The van der Waals surface area contributed by atoms with Crippen molar-refractivity contribution in [2.45, 2.75) is 244 Å². The van der Waals surface area contributed by atoms with Gasteiger partial charge < -0.3 is 45.0 Å². The first-order valence-electron chi connectivity index (χ1n) is 33.5. The number of hydrogen-bond donors (Lipinski definition) is 3. The lowest BCUT2D eigenvalue weighted by atomic mass is 9.82. The Morgan fingerprint density at radius 1 is 0.556 bits per heavy atom. The Hall–Kier alpha value is -5.47. The molecule has 0 unspecified atom stereocenters. The van der Waals surface area contributed by atoms with E-state index in [0.29, 0.717) is 13.0 Å². The third-order valence-corrected chi connectivity index (χ3v) is 17.9. The van der Waals surface area contributed by atoms with Gasteiger partial charge in [0.2, 0.25) is 35.4 Å². The van der Waals surface area contributed by atoms with E-state index in [1.54, 1.807) is 61.5 Å². The summed E-state index contributed by atoms with van der Waals surface area (Å²) in [5.74, 6) is -11.8. The minimum atomic E-state index is -1.39. The average Bonchev–Trinajstić information content (AvgIpc) is 0.932. The van der Waals surface area contributed by atoms with Gasteiger partial charge in [0, 0.05) is 91.0 Å². The first-order valence-corrected chi connectivity index (χ1v) is 33.5. The number of ether oxygens (including phenoxy) is 1. The Labute approximate surface area is 541 Å². The molecule has 0 aromatic rings. The molecule has 0 aliphatic carbocycles. The third-order valence-electron chi connectivity index (χ3n) is 17.9. The van der Waals surface area contributed by atoms with Crippen molar-refractivity contribution in [2.75, 3.05) is 54.4 Å². The molecule has 90 heavy (non-hydrogen) atoms.